The zero-order valence-electron chi connectivity index (χ0n) is 14.6. The lowest BCUT2D eigenvalue weighted by molar-refractivity contribution is 0.102. The molecular formula is C19H21N5O2. The Morgan fingerprint density at radius 1 is 1.42 bits per heavy atom. The molecule has 134 valence electrons. The smallest absolute Gasteiger partial charge is 0.255 e. The zero-order valence-corrected chi connectivity index (χ0v) is 14.6. The van der Waals surface area contributed by atoms with E-state index in [0.29, 0.717) is 22.8 Å². The summed E-state index contributed by atoms with van der Waals surface area (Å²) in [6, 6.07) is 9.24. The summed E-state index contributed by atoms with van der Waals surface area (Å²) >= 11 is 0. The number of aromatic nitrogens is 3. The van der Waals surface area contributed by atoms with Crippen molar-refractivity contribution in [3.63, 3.8) is 0 Å². The Bertz CT molecular complexity index is 931. The van der Waals surface area contributed by atoms with Crippen LogP contribution in [0.5, 0.6) is 5.75 Å². The molecule has 4 rings (SSSR count). The topological polar surface area (TPSA) is 80.5 Å². The van der Waals surface area contributed by atoms with Crippen LogP contribution in [0.15, 0.2) is 42.9 Å². The Balaban J connectivity index is 1.58. The first-order valence-corrected chi connectivity index (χ1v) is 8.72. The van der Waals surface area contributed by atoms with Gasteiger partial charge >= 0.3 is 0 Å². The molecule has 1 amide bonds. The van der Waals surface area contributed by atoms with Gasteiger partial charge in [-0.3, -0.25) is 9.20 Å². The van der Waals surface area contributed by atoms with Gasteiger partial charge in [-0.15, -0.1) is 10.2 Å². The third-order valence-corrected chi connectivity index (χ3v) is 4.79. The Morgan fingerprint density at radius 2 is 2.35 bits per heavy atom. The van der Waals surface area contributed by atoms with Crippen molar-refractivity contribution in [2.45, 2.75) is 12.8 Å². The molecule has 0 radical (unpaired) electrons. The zero-order chi connectivity index (χ0) is 17.9. The normalized spacial score (nSPS) is 16.7. The number of fused-ring (bicyclic) bond motifs is 1. The van der Waals surface area contributed by atoms with Crippen molar-refractivity contribution in [1.82, 2.24) is 19.9 Å². The van der Waals surface area contributed by atoms with Gasteiger partial charge in [0, 0.05) is 11.8 Å². The van der Waals surface area contributed by atoms with E-state index in [2.05, 4.69) is 20.8 Å². The first-order chi connectivity index (χ1) is 12.7. The quantitative estimate of drug-likeness (QED) is 0.736. The highest BCUT2D eigenvalue weighted by atomic mass is 16.5. The molecular weight excluding hydrogens is 330 g/mol. The van der Waals surface area contributed by atoms with Crippen LogP contribution >= 0.6 is 0 Å². The summed E-state index contributed by atoms with van der Waals surface area (Å²) in [5, 5.41) is 14.2. The number of carbonyl (C=O) groups is 1. The average Bonchev–Trinajstić information content (AvgIpc) is 3.33. The number of nitrogens with one attached hydrogen (secondary N) is 2. The van der Waals surface area contributed by atoms with Crippen LogP contribution in [0.2, 0.25) is 0 Å². The molecule has 26 heavy (non-hydrogen) atoms. The van der Waals surface area contributed by atoms with Crippen LogP contribution in [0.25, 0.3) is 5.65 Å². The maximum Gasteiger partial charge on any atom is 0.255 e. The summed E-state index contributed by atoms with van der Waals surface area (Å²) in [6.07, 6.45) is 5.49. The van der Waals surface area contributed by atoms with Gasteiger partial charge in [0.25, 0.3) is 5.91 Å². The van der Waals surface area contributed by atoms with Gasteiger partial charge in [0.1, 0.15) is 12.1 Å². The molecule has 1 saturated heterocycles. The van der Waals surface area contributed by atoms with Crippen LogP contribution < -0.4 is 15.4 Å². The number of rotatable bonds is 5. The number of nitrogens with zero attached hydrogens (tertiary/aromatic N) is 3. The van der Waals surface area contributed by atoms with Crippen molar-refractivity contribution >= 4 is 17.2 Å². The minimum absolute atomic E-state index is 0.172. The van der Waals surface area contributed by atoms with E-state index in [1.54, 1.807) is 23.9 Å². The van der Waals surface area contributed by atoms with Gasteiger partial charge in [-0.1, -0.05) is 0 Å². The summed E-state index contributed by atoms with van der Waals surface area (Å²) < 4.78 is 7.25. The molecule has 1 aliphatic rings. The molecule has 7 heteroatoms. The molecule has 3 heterocycles. The predicted molar refractivity (Wildman–Crippen MR) is 98.6 cm³/mol. The molecule has 0 bridgehead atoms. The standard InChI is InChI=1S/C19H21N5O2/c1-26-17-5-4-14(10-15(17)9-13-6-7-20-11-13)19(25)22-16-3-2-8-24-12-21-23-18(16)24/h2-5,8,10,12-13,20H,6-7,9,11H2,1H3,(H,22,25). The van der Waals surface area contributed by atoms with Gasteiger partial charge in [0.15, 0.2) is 5.65 Å². The van der Waals surface area contributed by atoms with Crippen LogP contribution in [0.1, 0.15) is 22.3 Å². The van der Waals surface area contributed by atoms with Crippen molar-refractivity contribution in [1.29, 1.82) is 0 Å². The second-order valence-electron chi connectivity index (χ2n) is 6.53. The van der Waals surface area contributed by atoms with Crippen molar-refractivity contribution in [3.05, 3.63) is 54.0 Å². The maximum absolute atomic E-state index is 12.7. The first kappa shape index (κ1) is 16.5. The van der Waals surface area contributed by atoms with Gasteiger partial charge in [0.2, 0.25) is 0 Å². The molecule has 0 saturated carbocycles. The molecule has 1 atom stereocenters. The first-order valence-electron chi connectivity index (χ1n) is 8.72. The molecule has 1 aliphatic heterocycles. The van der Waals surface area contributed by atoms with Crippen LogP contribution in [0.3, 0.4) is 0 Å². The third-order valence-electron chi connectivity index (χ3n) is 4.79. The van der Waals surface area contributed by atoms with Crippen molar-refractivity contribution in [2.24, 2.45) is 5.92 Å². The highest BCUT2D eigenvalue weighted by molar-refractivity contribution is 6.06. The summed E-state index contributed by atoms with van der Waals surface area (Å²) in [5.41, 5.74) is 2.92. The van der Waals surface area contributed by atoms with E-state index in [0.717, 1.165) is 37.2 Å². The Labute approximate surface area is 151 Å². The second-order valence-corrected chi connectivity index (χ2v) is 6.53. The fourth-order valence-electron chi connectivity index (χ4n) is 3.42. The third kappa shape index (κ3) is 3.25. The highest BCUT2D eigenvalue weighted by Gasteiger charge is 2.19. The van der Waals surface area contributed by atoms with E-state index in [4.69, 9.17) is 4.74 Å². The number of benzene rings is 1. The lowest BCUT2D eigenvalue weighted by Crippen LogP contribution is -2.15. The van der Waals surface area contributed by atoms with Crippen LogP contribution in [0, 0.1) is 5.92 Å². The molecule has 3 aromatic rings. The summed E-state index contributed by atoms with van der Waals surface area (Å²) in [5.74, 6) is 1.23. The van der Waals surface area contributed by atoms with E-state index in [9.17, 15) is 4.79 Å². The molecule has 1 fully saturated rings. The fourth-order valence-corrected chi connectivity index (χ4v) is 3.42. The van der Waals surface area contributed by atoms with Gasteiger partial charge < -0.3 is 15.4 Å². The molecule has 2 N–H and O–H groups in total. The van der Waals surface area contributed by atoms with Gasteiger partial charge in [-0.2, -0.15) is 0 Å². The van der Waals surface area contributed by atoms with Crippen molar-refractivity contribution in [3.8, 4) is 5.75 Å². The molecule has 0 spiro atoms. The highest BCUT2D eigenvalue weighted by Crippen LogP contribution is 2.26. The number of carbonyl (C=O) groups excluding carboxylic acids is 1. The van der Waals surface area contributed by atoms with Crippen molar-refractivity contribution in [2.75, 3.05) is 25.5 Å². The molecule has 0 aliphatic carbocycles. The van der Waals surface area contributed by atoms with Gasteiger partial charge in [0.05, 0.1) is 12.8 Å². The van der Waals surface area contributed by atoms with Gasteiger partial charge in [-0.25, -0.2) is 0 Å². The lowest BCUT2D eigenvalue weighted by atomic mass is 9.96. The number of hydrogen-bond acceptors (Lipinski definition) is 5. The summed E-state index contributed by atoms with van der Waals surface area (Å²) in [7, 11) is 1.66. The number of amides is 1. The van der Waals surface area contributed by atoms with E-state index < -0.39 is 0 Å². The van der Waals surface area contributed by atoms with Crippen LogP contribution in [-0.4, -0.2) is 40.7 Å². The van der Waals surface area contributed by atoms with E-state index >= 15 is 0 Å². The Kier molecular flexibility index (Phi) is 4.53. The molecule has 1 aromatic carbocycles. The summed E-state index contributed by atoms with van der Waals surface area (Å²) in [4.78, 5) is 12.7. The molecule has 7 nitrogen and oxygen atoms in total. The number of anilines is 1. The van der Waals surface area contributed by atoms with Crippen LogP contribution in [0.4, 0.5) is 5.69 Å². The monoisotopic (exact) mass is 351 g/mol. The van der Waals surface area contributed by atoms with Crippen LogP contribution in [-0.2, 0) is 6.42 Å². The minimum atomic E-state index is -0.172. The van der Waals surface area contributed by atoms with E-state index in [1.807, 2.05) is 30.5 Å². The maximum atomic E-state index is 12.7. The van der Waals surface area contributed by atoms with E-state index in [1.165, 1.54) is 0 Å². The minimum Gasteiger partial charge on any atom is -0.496 e. The fraction of sp³-hybridized carbons (Fsp3) is 0.316. The molecule has 1 unspecified atom stereocenters. The number of pyridine rings is 1. The lowest BCUT2D eigenvalue weighted by Gasteiger charge is -2.14. The van der Waals surface area contributed by atoms with Crippen molar-refractivity contribution < 1.29 is 9.53 Å². The van der Waals surface area contributed by atoms with Gasteiger partial charge in [-0.05, 0) is 67.7 Å². The predicted octanol–water partition coefficient (Wildman–Crippen LogP) is 2.14. The Morgan fingerprint density at radius 3 is 3.15 bits per heavy atom. The Hall–Kier alpha value is -2.93. The average molecular weight is 351 g/mol. The van der Waals surface area contributed by atoms with E-state index in [-0.39, 0.29) is 5.91 Å². The number of methoxy groups -OCH3 is 1. The molecule has 2 aromatic heterocycles. The summed E-state index contributed by atoms with van der Waals surface area (Å²) in [6.45, 7) is 2.06. The second kappa shape index (κ2) is 7.13. The SMILES string of the molecule is COc1ccc(C(=O)Nc2cccn3cnnc23)cc1CC1CCNC1. The number of hydrogen-bond donors (Lipinski definition) is 2. The largest absolute Gasteiger partial charge is 0.496 e. The number of ether oxygens (including phenoxy) is 1.